The van der Waals surface area contributed by atoms with Gasteiger partial charge in [0.25, 0.3) is 5.69 Å². The molecule has 2 aromatic heterocycles. The van der Waals surface area contributed by atoms with E-state index >= 15 is 0 Å². The largest absolute Gasteiger partial charge is 0.449 e. The van der Waals surface area contributed by atoms with Gasteiger partial charge in [0.05, 0.1) is 31.7 Å². The standard InChI is InChI=1S/C27H19N4O5S/c1-29-16-5-4-8-19(29)13-12-18-7-6-9-21(27-28-22-10-2-3-11-25(22)37-27)26(18)36-24-15-14-20(30(32)33)17-23(24)31(34)35/h2-17H,1H3/q+1/b13-12+. The molecule has 0 atom stereocenters. The summed E-state index contributed by atoms with van der Waals surface area (Å²) in [6.45, 7) is 0. The minimum absolute atomic E-state index is 0.107. The maximum absolute atomic E-state index is 11.8. The number of rotatable bonds is 7. The number of nitro groups is 2. The van der Waals surface area contributed by atoms with E-state index in [0.29, 0.717) is 21.9 Å². The van der Waals surface area contributed by atoms with Crippen molar-refractivity contribution < 1.29 is 19.2 Å². The molecule has 10 heteroatoms. The number of fused-ring (bicyclic) bond motifs is 1. The van der Waals surface area contributed by atoms with E-state index in [-0.39, 0.29) is 5.75 Å². The van der Waals surface area contributed by atoms with Crippen molar-refractivity contribution in [3.8, 4) is 22.1 Å². The van der Waals surface area contributed by atoms with Crippen molar-refractivity contribution in [2.24, 2.45) is 7.05 Å². The highest BCUT2D eigenvalue weighted by molar-refractivity contribution is 7.21. The highest BCUT2D eigenvalue weighted by atomic mass is 32.1. The molecular formula is C27H19N4O5S+. The van der Waals surface area contributed by atoms with Crippen LogP contribution in [-0.2, 0) is 7.05 Å². The average molecular weight is 512 g/mol. The molecule has 0 radical (unpaired) electrons. The van der Waals surface area contributed by atoms with Crippen molar-refractivity contribution in [2.45, 2.75) is 0 Å². The number of hydrogen-bond donors (Lipinski definition) is 0. The Bertz CT molecular complexity index is 1660. The zero-order valence-corrected chi connectivity index (χ0v) is 20.3. The quantitative estimate of drug-likeness (QED) is 0.139. The number of pyridine rings is 1. The van der Waals surface area contributed by atoms with E-state index in [2.05, 4.69) is 0 Å². The van der Waals surface area contributed by atoms with Crippen molar-refractivity contribution in [3.05, 3.63) is 117 Å². The summed E-state index contributed by atoms with van der Waals surface area (Å²) in [5.74, 6) is 0.248. The van der Waals surface area contributed by atoms with Gasteiger partial charge in [-0.05, 0) is 36.4 Å². The summed E-state index contributed by atoms with van der Waals surface area (Å²) in [5.41, 5.74) is 2.17. The molecule has 0 aliphatic heterocycles. The summed E-state index contributed by atoms with van der Waals surface area (Å²) < 4.78 is 9.12. The first kappa shape index (κ1) is 23.8. The monoisotopic (exact) mass is 511 g/mol. The second-order valence-electron chi connectivity index (χ2n) is 8.05. The predicted molar refractivity (Wildman–Crippen MR) is 141 cm³/mol. The highest BCUT2D eigenvalue weighted by Gasteiger charge is 2.24. The molecule has 0 amide bonds. The molecule has 0 aliphatic carbocycles. The second kappa shape index (κ2) is 9.96. The van der Waals surface area contributed by atoms with Crippen molar-refractivity contribution in [1.82, 2.24) is 4.98 Å². The van der Waals surface area contributed by atoms with Gasteiger partial charge in [0.2, 0.25) is 11.4 Å². The Morgan fingerprint density at radius 1 is 0.919 bits per heavy atom. The third-order valence-corrected chi connectivity index (χ3v) is 6.73. The second-order valence-corrected chi connectivity index (χ2v) is 9.08. The van der Waals surface area contributed by atoms with Crippen LogP contribution >= 0.6 is 11.3 Å². The summed E-state index contributed by atoms with van der Waals surface area (Å²) in [5, 5.41) is 23.6. The molecule has 3 aromatic carbocycles. The summed E-state index contributed by atoms with van der Waals surface area (Å²) >= 11 is 1.48. The number of ether oxygens (including phenoxy) is 1. The number of aryl methyl sites for hydroxylation is 1. The predicted octanol–water partition coefficient (Wildman–Crippen LogP) is 6.57. The Hall–Kier alpha value is -4.96. The fraction of sp³-hybridized carbons (Fsp3) is 0.0370. The van der Waals surface area contributed by atoms with Gasteiger partial charge < -0.3 is 4.74 Å². The van der Waals surface area contributed by atoms with E-state index in [1.54, 1.807) is 0 Å². The van der Waals surface area contributed by atoms with Gasteiger partial charge in [-0.15, -0.1) is 11.3 Å². The van der Waals surface area contributed by atoms with Crippen LogP contribution in [0.25, 0.3) is 32.9 Å². The number of non-ortho nitro benzene ring substituents is 1. The Labute approximate surface area is 214 Å². The lowest BCUT2D eigenvalue weighted by atomic mass is 10.1. The van der Waals surface area contributed by atoms with Crippen LogP contribution in [0.5, 0.6) is 11.5 Å². The van der Waals surface area contributed by atoms with E-state index in [1.165, 1.54) is 23.5 Å². The van der Waals surface area contributed by atoms with Crippen molar-refractivity contribution in [1.29, 1.82) is 0 Å². The number of thiazole rings is 1. The van der Waals surface area contributed by atoms with Gasteiger partial charge in [-0.2, -0.15) is 0 Å². The number of aromatic nitrogens is 2. The third kappa shape index (κ3) is 4.91. The molecule has 0 spiro atoms. The van der Waals surface area contributed by atoms with Crippen LogP contribution in [0, 0.1) is 20.2 Å². The van der Waals surface area contributed by atoms with Crippen molar-refractivity contribution >= 4 is 45.1 Å². The zero-order valence-electron chi connectivity index (χ0n) is 19.5. The first-order valence-corrected chi connectivity index (χ1v) is 11.9. The maximum Gasteiger partial charge on any atom is 0.318 e. The normalized spacial score (nSPS) is 11.2. The van der Waals surface area contributed by atoms with E-state index in [1.807, 2.05) is 90.6 Å². The Morgan fingerprint density at radius 3 is 2.49 bits per heavy atom. The lowest BCUT2D eigenvalue weighted by Crippen LogP contribution is -2.30. The number of benzene rings is 3. The van der Waals surface area contributed by atoms with Crippen LogP contribution in [0.1, 0.15) is 11.3 Å². The highest BCUT2D eigenvalue weighted by Crippen LogP contribution is 2.43. The molecule has 0 aliphatic rings. The molecular weight excluding hydrogens is 492 g/mol. The van der Waals surface area contributed by atoms with Crippen LogP contribution in [0.4, 0.5) is 11.4 Å². The molecule has 0 unspecified atom stereocenters. The van der Waals surface area contributed by atoms with Crippen LogP contribution in [-0.4, -0.2) is 14.8 Å². The Balaban J connectivity index is 1.67. The van der Waals surface area contributed by atoms with Gasteiger partial charge in [0, 0.05) is 29.8 Å². The van der Waals surface area contributed by atoms with E-state index in [4.69, 9.17) is 9.72 Å². The topological polar surface area (TPSA) is 112 Å². The lowest BCUT2D eigenvalue weighted by Gasteiger charge is -2.13. The Morgan fingerprint density at radius 2 is 1.73 bits per heavy atom. The van der Waals surface area contributed by atoms with Crippen molar-refractivity contribution in [2.75, 3.05) is 0 Å². The van der Waals surface area contributed by atoms with Gasteiger partial charge >= 0.3 is 5.69 Å². The fourth-order valence-electron chi connectivity index (χ4n) is 3.80. The SMILES string of the molecule is C[n+]1ccccc1/C=C/c1cccc(-c2nc3ccccc3s2)c1Oc1ccc([N+](=O)[O-])cc1[N+](=O)[O-]. The molecule has 5 rings (SSSR count). The van der Waals surface area contributed by atoms with Crippen LogP contribution in [0.3, 0.4) is 0 Å². The fourth-order valence-corrected chi connectivity index (χ4v) is 4.79. The molecule has 182 valence electrons. The third-order valence-electron chi connectivity index (χ3n) is 5.66. The molecule has 5 aromatic rings. The molecule has 0 fully saturated rings. The number of hydrogen-bond acceptors (Lipinski definition) is 7. The van der Waals surface area contributed by atoms with Gasteiger partial charge in [-0.25, -0.2) is 9.55 Å². The maximum atomic E-state index is 11.8. The first-order valence-electron chi connectivity index (χ1n) is 11.1. The first-order chi connectivity index (χ1) is 17.9. The summed E-state index contributed by atoms with van der Waals surface area (Å²) in [7, 11) is 1.93. The number of nitro benzene ring substituents is 2. The van der Waals surface area contributed by atoms with Crippen LogP contribution in [0.15, 0.2) is 85.1 Å². The number of nitrogens with zero attached hydrogens (tertiary/aromatic N) is 4. The molecule has 37 heavy (non-hydrogen) atoms. The average Bonchev–Trinajstić information content (AvgIpc) is 3.33. The van der Waals surface area contributed by atoms with Gasteiger partial charge in [0.1, 0.15) is 17.8 Å². The molecule has 0 bridgehead atoms. The summed E-state index contributed by atoms with van der Waals surface area (Å²) in [6, 6.07) is 22.4. The Kier molecular flexibility index (Phi) is 6.40. The molecule has 0 saturated carbocycles. The summed E-state index contributed by atoms with van der Waals surface area (Å²) in [6.07, 6.45) is 5.70. The van der Waals surface area contributed by atoms with Gasteiger partial charge in [-0.1, -0.05) is 24.3 Å². The van der Waals surface area contributed by atoms with E-state index in [9.17, 15) is 20.2 Å². The van der Waals surface area contributed by atoms with E-state index in [0.717, 1.165) is 22.0 Å². The van der Waals surface area contributed by atoms with Crippen LogP contribution < -0.4 is 9.30 Å². The summed E-state index contributed by atoms with van der Waals surface area (Å²) in [4.78, 5) is 26.3. The lowest BCUT2D eigenvalue weighted by molar-refractivity contribution is -0.673. The minimum atomic E-state index is -0.692. The van der Waals surface area contributed by atoms with Crippen molar-refractivity contribution in [3.63, 3.8) is 0 Å². The molecule has 9 nitrogen and oxygen atoms in total. The molecule has 0 saturated heterocycles. The van der Waals surface area contributed by atoms with Gasteiger partial charge in [0.15, 0.2) is 6.20 Å². The molecule has 2 heterocycles. The van der Waals surface area contributed by atoms with Crippen LogP contribution in [0.2, 0.25) is 0 Å². The number of para-hydroxylation sites is 2. The zero-order chi connectivity index (χ0) is 25.9. The minimum Gasteiger partial charge on any atom is -0.449 e. The smallest absolute Gasteiger partial charge is 0.318 e. The van der Waals surface area contributed by atoms with Gasteiger partial charge in [-0.3, -0.25) is 20.2 Å². The molecule has 0 N–H and O–H groups in total. The van der Waals surface area contributed by atoms with E-state index < -0.39 is 21.2 Å².